The van der Waals surface area contributed by atoms with Crippen molar-refractivity contribution in [1.29, 1.82) is 0 Å². The van der Waals surface area contributed by atoms with E-state index in [9.17, 15) is 4.79 Å². The Morgan fingerprint density at radius 3 is 2.39 bits per heavy atom. The van der Waals surface area contributed by atoms with Gasteiger partial charge in [0.25, 0.3) is 5.91 Å². The Morgan fingerprint density at radius 1 is 0.968 bits per heavy atom. The van der Waals surface area contributed by atoms with E-state index in [1.165, 1.54) is 5.56 Å². The summed E-state index contributed by atoms with van der Waals surface area (Å²) < 4.78 is 5.75. The van der Waals surface area contributed by atoms with E-state index in [4.69, 9.17) is 4.74 Å². The number of carbonyl (C=O) groups is 1. The zero-order valence-electron chi connectivity index (χ0n) is 17.8. The molecule has 1 aliphatic heterocycles. The molecule has 0 radical (unpaired) electrons. The number of ether oxygens (including phenoxy) is 1. The van der Waals surface area contributed by atoms with Gasteiger partial charge in [-0.15, -0.1) is 0 Å². The fourth-order valence-corrected chi connectivity index (χ4v) is 3.51. The summed E-state index contributed by atoms with van der Waals surface area (Å²) in [6, 6.07) is 19.1. The van der Waals surface area contributed by atoms with Gasteiger partial charge in [-0.2, -0.15) is 0 Å². The number of likely N-dealkylation sites (N-methyl/N-ethyl adjacent to an activating group) is 1. The van der Waals surface area contributed by atoms with Gasteiger partial charge in [-0.1, -0.05) is 18.2 Å². The maximum atomic E-state index is 12.6. The van der Waals surface area contributed by atoms with Gasteiger partial charge < -0.3 is 15.0 Å². The van der Waals surface area contributed by atoms with Crippen LogP contribution >= 0.6 is 0 Å². The number of rotatable bonds is 7. The van der Waals surface area contributed by atoms with E-state index in [-0.39, 0.29) is 5.91 Å². The molecule has 1 amide bonds. The Morgan fingerprint density at radius 2 is 1.71 bits per heavy atom. The molecule has 0 atom stereocenters. The molecule has 160 valence electrons. The zero-order chi connectivity index (χ0) is 21.5. The lowest BCUT2D eigenvalue weighted by molar-refractivity contribution is 0.102. The number of nitrogens with zero attached hydrogens (tertiary/aromatic N) is 3. The summed E-state index contributed by atoms with van der Waals surface area (Å²) in [5.41, 5.74) is 3.65. The van der Waals surface area contributed by atoms with Crippen LogP contribution in [0.4, 0.5) is 5.69 Å². The fourth-order valence-electron chi connectivity index (χ4n) is 3.51. The second-order valence-corrected chi connectivity index (χ2v) is 7.90. The largest absolute Gasteiger partial charge is 0.489 e. The van der Waals surface area contributed by atoms with Crippen LogP contribution in [-0.4, -0.2) is 53.9 Å². The second-order valence-electron chi connectivity index (χ2n) is 7.90. The van der Waals surface area contributed by atoms with Crippen molar-refractivity contribution < 1.29 is 9.53 Å². The maximum absolute atomic E-state index is 12.6. The first-order valence-electron chi connectivity index (χ1n) is 10.6. The van der Waals surface area contributed by atoms with Gasteiger partial charge in [0.2, 0.25) is 0 Å². The van der Waals surface area contributed by atoms with Crippen LogP contribution in [0.1, 0.15) is 21.5 Å². The molecule has 1 aromatic heterocycles. The number of carbonyl (C=O) groups excluding carboxylic acids is 1. The topological polar surface area (TPSA) is 57.7 Å². The lowest BCUT2D eigenvalue weighted by atomic mass is 10.1. The summed E-state index contributed by atoms with van der Waals surface area (Å²) in [7, 11) is 2.16. The number of piperazine rings is 1. The van der Waals surface area contributed by atoms with Crippen molar-refractivity contribution >= 4 is 11.6 Å². The molecule has 0 spiro atoms. The highest BCUT2D eigenvalue weighted by molar-refractivity contribution is 6.04. The number of benzene rings is 2. The molecule has 31 heavy (non-hydrogen) atoms. The third kappa shape index (κ3) is 6.13. The Bertz CT molecular complexity index is 967. The second kappa shape index (κ2) is 10.2. The molecule has 0 aliphatic carbocycles. The maximum Gasteiger partial charge on any atom is 0.255 e. The van der Waals surface area contributed by atoms with Crippen molar-refractivity contribution in [2.45, 2.75) is 13.2 Å². The summed E-state index contributed by atoms with van der Waals surface area (Å²) in [6.07, 6.45) is 3.51. The first-order valence-corrected chi connectivity index (χ1v) is 10.6. The van der Waals surface area contributed by atoms with Gasteiger partial charge in [-0.05, 0) is 55.1 Å². The average Bonchev–Trinajstić information content (AvgIpc) is 2.81. The van der Waals surface area contributed by atoms with E-state index in [1.807, 2.05) is 36.4 Å². The number of hydrogen-bond acceptors (Lipinski definition) is 5. The highest BCUT2D eigenvalue weighted by atomic mass is 16.5. The van der Waals surface area contributed by atoms with Gasteiger partial charge in [0.1, 0.15) is 12.4 Å². The Kier molecular flexibility index (Phi) is 6.92. The smallest absolute Gasteiger partial charge is 0.255 e. The lowest BCUT2D eigenvalue weighted by Gasteiger charge is -2.32. The molecule has 1 saturated heterocycles. The number of aromatic nitrogens is 1. The first-order chi connectivity index (χ1) is 15.2. The molecule has 2 heterocycles. The van der Waals surface area contributed by atoms with Crippen LogP contribution in [0.5, 0.6) is 5.75 Å². The van der Waals surface area contributed by atoms with Crippen molar-refractivity contribution in [3.05, 3.63) is 89.7 Å². The molecule has 1 N–H and O–H groups in total. The third-order valence-electron chi connectivity index (χ3n) is 5.46. The van der Waals surface area contributed by atoms with Crippen LogP contribution in [-0.2, 0) is 13.2 Å². The van der Waals surface area contributed by atoms with Gasteiger partial charge in [-0.25, -0.2) is 0 Å². The zero-order valence-corrected chi connectivity index (χ0v) is 17.8. The van der Waals surface area contributed by atoms with E-state index in [1.54, 1.807) is 24.5 Å². The number of nitrogens with one attached hydrogen (secondary N) is 1. The van der Waals surface area contributed by atoms with Crippen molar-refractivity contribution in [3.63, 3.8) is 0 Å². The van der Waals surface area contributed by atoms with Crippen molar-refractivity contribution in [3.8, 4) is 5.75 Å². The molecular weight excluding hydrogens is 388 g/mol. The van der Waals surface area contributed by atoms with E-state index in [0.29, 0.717) is 17.9 Å². The average molecular weight is 417 g/mol. The molecule has 1 fully saturated rings. The molecule has 4 rings (SSSR count). The summed E-state index contributed by atoms with van der Waals surface area (Å²) in [5, 5.41) is 2.96. The Balaban J connectivity index is 1.27. The van der Waals surface area contributed by atoms with Crippen molar-refractivity contribution in [1.82, 2.24) is 14.8 Å². The van der Waals surface area contributed by atoms with Gasteiger partial charge in [0, 0.05) is 61.9 Å². The molecule has 6 heteroatoms. The van der Waals surface area contributed by atoms with Gasteiger partial charge in [-0.3, -0.25) is 14.7 Å². The normalized spacial score (nSPS) is 14.9. The number of pyridine rings is 1. The number of hydrogen-bond donors (Lipinski definition) is 1. The van der Waals surface area contributed by atoms with Crippen LogP contribution in [0.15, 0.2) is 73.1 Å². The standard InChI is InChI=1S/C25H28N4O2/c1-28-13-15-29(16-14-28)18-20-4-8-23(9-5-20)27-25(30)22-6-10-24(11-7-22)31-19-21-3-2-12-26-17-21/h2-12,17H,13-16,18-19H2,1H3,(H,27,30). The van der Waals surface area contributed by atoms with Crippen LogP contribution < -0.4 is 10.1 Å². The molecule has 0 unspecified atom stereocenters. The molecular formula is C25H28N4O2. The Hall–Kier alpha value is -3.22. The summed E-state index contributed by atoms with van der Waals surface area (Å²) in [6.45, 7) is 5.80. The minimum Gasteiger partial charge on any atom is -0.489 e. The minimum atomic E-state index is -0.134. The minimum absolute atomic E-state index is 0.134. The van der Waals surface area contributed by atoms with E-state index >= 15 is 0 Å². The highest BCUT2D eigenvalue weighted by Crippen LogP contribution is 2.17. The highest BCUT2D eigenvalue weighted by Gasteiger charge is 2.14. The summed E-state index contributed by atoms with van der Waals surface area (Å²) >= 11 is 0. The number of amides is 1. The third-order valence-corrected chi connectivity index (χ3v) is 5.46. The molecule has 0 bridgehead atoms. The van der Waals surface area contributed by atoms with E-state index in [2.05, 4.69) is 39.3 Å². The van der Waals surface area contributed by atoms with Gasteiger partial charge >= 0.3 is 0 Å². The quantitative estimate of drug-likeness (QED) is 0.637. The molecule has 6 nitrogen and oxygen atoms in total. The van der Waals surface area contributed by atoms with E-state index in [0.717, 1.165) is 44.0 Å². The summed E-state index contributed by atoms with van der Waals surface area (Å²) in [4.78, 5) is 21.5. The first kappa shape index (κ1) is 21.0. The molecule has 2 aromatic carbocycles. The SMILES string of the molecule is CN1CCN(Cc2ccc(NC(=O)c3ccc(OCc4cccnc4)cc3)cc2)CC1. The Labute approximate surface area is 183 Å². The predicted octanol–water partition coefficient (Wildman–Crippen LogP) is 3.66. The van der Waals surface area contributed by atoms with Gasteiger partial charge in [0.05, 0.1) is 0 Å². The molecule has 3 aromatic rings. The molecule has 0 saturated carbocycles. The predicted molar refractivity (Wildman–Crippen MR) is 122 cm³/mol. The van der Waals surface area contributed by atoms with Crippen LogP contribution in [0, 0.1) is 0 Å². The summed E-state index contributed by atoms with van der Waals surface area (Å²) in [5.74, 6) is 0.583. The van der Waals surface area contributed by atoms with Gasteiger partial charge in [0.15, 0.2) is 0 Å². The monoisotopic (exact) mass is 416 g/mol. The van der Waals surface area contributed by atoms with Crippen molar-refractivity contribution in [2.24, 2.45) is 0 Å². The fraction of sp³-hybridized carbons (Fsp3) is 0.280. The van der Waals surface area contributed by atoms with Crippen molar-refractivity contribution in [2.75, 3.05) is 38.5 Å². The lowest BCUT2D eigenvalue weighted by Crippen LogP contribution is -2.43. The van der Waals surface area contributed by atoms with E-state index < -0.39 is 0 Å². The number of anilines is 1. The van der Waals surface area contributed by atoms with Crippen LogP contribution in [0.2, 0.25) is 0 Å². The van der Waals surface area contributed by atoms with Crippen LogP contribution in [0.3, 0.4) is 0 Å². The van der Waals surface area contributed by atoms with Crippen LogP contribution in [0.25, 0.3) is 0 Å². The molecule has 1 aliphatic rings.